The summed E-state index contributed by atoms with van der Waals surface area (Å²) in [6.07, 6.45) is 12.1. The van der Waals surface area contributed by atoms with E-state index < -0.39 is 0 Å². The first-order valence-corrected chi connectivity index (χ1v) is 18.0. The third kappa shape index (κ3) is 4.90. The van der Waals surface area contributed by atoms with Gasteiger partial charge in [0.25, 0.3) is 0 Å². The number of aromatic amines is 1. The lowest BCUT2D eigenvalue weighted by atomic mass is 10.0. The number of likely N-dealkylation sites (tertiary alicyclic amines) is 1. The van der Waals surface area contributed by atoms with Crippen LogP contribution in [0.5, 0.6) is 0 Å². The fourth-order valence-corrected chi connectivity index (χ4v) is 7.75. The van der Waals surface area contributed by atoms with Gasteiger partial charge in [-0.1, -0.05) is 6.42 Å². The number of thiophene rings is 1. The number of piperidine rings is 1. The zero-order valence-corrected chi connectivity index (χ0v) is 25.5. The maximum atomic E-state index is 5.00. The lowest BCUT2D eigenvalue weighted by Crippen LogP contribution is -2.29. The number of aromatic nitrogens is 6. The monoisotopic (exact) mass is 663 g/mol. The predicted molar refractivity (Wildman–Crippen MR) is 171 cm³/mol. The van der Waals surface area contributed by atoms with Gasteiger partial charge in [0.05, 0.1) is 22.6 Å². The molecule has 7 heterocycles. The largest absolute Gasteiger partial charge is 0.353 e. The minimum Gasteiger partial charge on any atom is -0.353 e. The first-order chi connectivity index (χ1) is 19.2. The van der Waals surface area contributed by atoms with Crippen LogP contribution in [0.25, 0.3) is 55.0 Å². The topological polar surface area (TPSA) is 75.5 Å². The Morgan fingerprint density at radius 3 is 2.64 bits per heavy atom. The van der Waals surface area contributed by atoms with E-state index in [2.05, 4.69) is 74.2 Å². The molecule has 7 rings (SSSR count). The van der Waals surface area contributed by atoms with E-state index in [1.807, 2.05) is 35.3 Å². The van der Waals surface area contributed by atoms with Crippen LogP contribution in [0.4, 0.5) is 0 Å². The molecule has 1 aliphatic heterocycles. The van der Waals surface area contributed by atoms with Crippen LogP contribution in [0.3, 0.4) is 0 Å². The number of hydrogen-bond donors (Lipinski definition) is 1. The second-order valence-electron chi connectivity index (χ2n) is 10.1. The van der Waals surface area contributed by atoms with E-state index in [-0.39, 0.29) is 0 Å². The first-order valence-electron chi connectivity index (χ1n) is 13.1. The van der Waals surface area contributed by atoms with E-state index in [9.17, 15) is 0 Å². The Morgan fingerprint density at radius 1 is 0.949 bits per heavy atom. The molecule has 0 aromatic carbocycles. The summed E-state index contributed by atoms with van der Waals surface area (Å²) in [6.45, 7) is 5.42. The Labute approximate surface area is 245 Å². The van der Waals surface area contributed by atoms with Crippen molar-refractivity contribution < 1.29 is 0 Å². The Kier molecular flexibility index (Phi) is 6.92. The number of pyridine rings is 3. The summed E-state index contributed by atoms with van der Waals surface area (Å²) in [5.74, 6) is 0. The molecule has 39 heavy (non-hydrogen) atoms. The van der Waals surface area contributed by atoms with Gasteiger partial charge >= 0.3 is 0 Å². The summed E-state index contributed by atoms with van der Waals surface area (Å²) in [7, 11) is 0. The van der Waals surface area contributed by atoms with Gasteiger partial charge in [-0.2, -0.15) is 5.10 Å². The number of nitrogens with one attached hydrogen (secondary N) is 1. The summed E-state index contributed by atoms with van der Waals surface area (Å²) in [6, 6.07) is 13.0. The van der Waals surface area contributed by atoms with Crippen molar-refractivity contribution in [3.8, 4) is 33.1 Å². The second kappa shape index (κ2) is 10.7. The van der Waals surface area contributed by atoms with Crippen LogP contribution in [0.1, 0.15) is 29.7 Å². The molecule has 0 amide bonds. The van der Waals surface area contributed by atoms with Gasteiger partial charge in [0.15, 0.2) is 5.65 Å². The Hall–Kier alpha value is -2.72. The lowest BCUT2D eigenvalue weighted by molar-refractivity contribution is 0.220. The van der Waals surface area contributed by atoms with Gasteiger partial charge in [0.1, 0.15) is 5.69 Å². The van der Waals surface area contributed by atoms with E-state index in [0.717, 1.165) is 56.7 Å². The number of halogens is 1. The quantitative estimate of drug-likeness (QED) is 0.145. The lowest BCUT2D eigenvalue weighted by Gasteiger charge is -2.26. The van der Waals surface area contributed by atoms with E-state index in [4.69, 9.17) is 15.1 Å². The van der Waals surface area contributed by atoms with E-state index in [1.165, 1.54) is 47.7 Å². The smallest absolute Gasteiger partial charge is 0.162 e. The van der Waals surface area contributed by atoms with Gasteiger partial charge in [0.2, 0.25) is 0 Å². The average molecular weight is 664 g/mol. The van der Waals surface area contributed by atoms with E-state index >= 15 is 0 Å². The van der Waals surface area contributed by atoms with Crippen molar-refractivity contribution in [2.75, 3.05) is 13.1 Å². The molecule has 0 bridgehead atoms. The number of rotatable bonds is 6. The molecule has 0 saturated carbocycles. The van der Waals surface area contributed by atoms with Crippen LogP contribution in [0.15, 0.2) is 61.2 Å². The van der Waals surface area contributed by atoms with Crippen LogP contribution in [-0.4, -0.2) is 47.5 Å². The highest BCUT2D eigenvalue weighted by atomic mass is 127. The van der Waals surface area contributed by atoms with Gasteiger partial charge in [-0.05, 0) is 96.9 Å². The molecule has 1 fully saturated rings. The molecule has 1 atom stereocenters. The normalized spacial score (nSPS) is 14.8. The Balaban J connectivity index is 1.30. The maximum Gasteiger partial charge on any atom is 0.162 e. The summed E-state index contributed by atoms with van der Waals surface area (Å²) < 4.78 is 1.99. The molecule has 10 heteroatoms. The fourth-order valence-electron chi connectivity index (χ4n) is 5.46. The Bertz CT molecular complexity index is 1800. The van der Waals surface area contributed by atoms with Crippen LogP contribution < -0.4 is 0 Å². The average Bonchev–Trinajstić information content (AvgIpc) is 3.69. The third-order valence-electron chi connectivity index (χ3n) is 7.36. The molecule has 196 valence electrons. The van der Waals surface area contributed by atoms with Crippen molar-refractivity contribution in [3.05, 3.63) is 71.6 Å². The van der Waals surface area contributed by atoms with Gasteiger partial charge < -0.3 is 4.98 Å². The summed E-state index contributed by atoms with van der Waals surface area (Å²) in [4.78, 5) is 22.8. The number of H-pyrrole nitrogens is 1. The van der Waals surface area contributed by atoms with Crippen molar-refractivity contribution >= 4 is 61.7 Å². The van der Waals surface area contributed by atoms with E-state index in [0.29, 0.717) is 6.37 Å². The molecule has 6 aromatic rings. The standard InChI is InChI=1S/C29H27IN7PS/c1-18-5-6-26(39-18)28-22-13-25(34-24(22)7-8-32-28)27-23-12-21(16-33-29(23)37(35-27)38-30)20-11-19(14-31-15-20)17-36-9-3-2-4-10-36/h5-8,11-16,34,38H,2-4,9-10,17H2,1H3. The summed E-state index contributed by atoms with van der Waals surface area (Å²) in [5.41, 5.74) is 8.23. The SMILES string of the molecule is Cc1ccc(-c2nccc3[nH]c(-c4nn(PI)c5ncc(-c6cncc(CN7CCCCC7)c6)cc45)cc23)s1. The predicted octanol–water partition coefficient (Wildman–Crippen LogP) is 7.85. The van der Waals surface area contributed by atoms with Crippen LogP contribution in [0.2, 0.25) is 0 Å². The minimum absolute atomic E-state index is 0.450. The highest BCUT2D eigenvalue weighted by Gasteiger charge is 2.19. The van der Waals surface area contributed by atoms with Crippen LogP contribution in [-0.2, 0) is 6.54 Å². The zero-order valence-electron chi connectivity index (χ0n) is 21.5. The van der Waals surface area contributed by atoms with Gasteiger partial charge in [0, 0.05) is 63.6 Å². The van der Waals surface area contributed by atoms with Crippen molar-refractivity contribution in [3.63, 3.8) is 0 Å². The Morgan fingerprint density at radius 2 is 1.82 bits per heavy atom. The van der Waals surface area contributed by atoms with Crippen LogP contribution in [0, 0.1) is 6.92 Å². The highest BCUT2D eigenvalue weighted by Crippen LogP contribution is 2.38. The molecular weight excluding hydrogens is 636 g/mol. The molecule has 0 spiro atoms. The summed E-state index contributed by atoms with van der Waals surface area (Å²) >= 11 is 4.14. The zero-order chi connectivity index (χ0) is 26.3. The molecule has 0 aliphatic carbocycles. The van der Waals surface area contributed by atoms with Gasteiger partial charge in [-0.15, -0.1) is 11.3 Å². The van der Waals surface area contributed by atoms with Crippen molar-refractivity contribution in [1.82, 2.24) is 34.4 Å². The molecule has 1 N–H and O–H groups in total. The number of fused-ring (bicyclic) bond motifs is 2. The number of nitrogens with zero attached hydrogens (tertiary/aromatic N) is 6. The third-order valence-corrected chi connectivity index (χ3v) is 10.2. The molecule has 7 nitrogen and oxygen atoms in total. The van der Waals surface area contributed by atoms with Crippen molar-refractivity contribution in [2.24, 2.45) is 0 Å². The fraction of sp³-hybridized carbons (Fsp3) is 0.241. The second-order valence-corrected chi connectivity index (χ2v) is 13.4. The molecule has 0 radical (unpaired) electrons. The maximum absolute atomic E-state index is 5.00. The molecule has 6 aromatic heterocycles. The molecule has 1 saturated heterocycles. The highest BCUT2D eigenvalue weighted by molar-refractivity contribution is 14.2. The van der Waals surface area contributed by atoms with Gasteiger partial charge in [-0.3, -0.25) is 14.9 Å². The first kappa shape index (κ1) is 25.3. The van der Waals surface area contributed by atoms with E-state index in [1.54, 1.807) is 11.3 Å². The number of hydrogen-bond acceptors (Lipinski definition) is 6. The van der Waals surface area contributed by atoms with Crippen molar-refractivity contribution in [2.45, 2.75) is 32.7 Å². The van der Waals surface area contributed by atoms with Crippen LogP contribution >= 0.6 is 39.8 Å². The molecule has 1 aliphatic rings. The van der Waals surface area contributed by atoms with Gasteiger partial charge in [-0.25, -0.2) is 9.44 Å². The summed E-state index contributed by atoms with van der Waals surface area (Å²) in [5, 5.41) is 7.13. The number of aryl methyl sites for hydroxylation is 1. The molecular formula is C29H27IN7PS. The van der Waals surface area contributed by atoms with Crippen molar-refractivity contribution in [1.29, 1.82) is 0 Å². The molecule has 1 unspecified atom stereocenters. The minimum atomic E-state index is 0.450.